The Morgan fingerprint density at radius 2 is 1.74 bits per heavy atom. The molecule has 2 heterocycles. The van der Waals surface area contributed by atoms with E-state index in [2.05, 4.69) is 34.1 Å². The van der Waals surface area contributed by atoms with Gasteiger partial charge in [0.1, 0.15) is 0 Å². The number of fused-ring (bicyclic) bond motifs is 1. The van der Waals surface area contributed by atoms with Gasteiger partial charge in [-0.25, -0.2) is 0 Å². The molecule has 4 rings (SSSR count). The third-order valence-corrected chi connectivity index (χ3v) is 5.42. The first kappa shape index (κ1) is 15.0. The number of nitrogens with zero attached hydrogens (tertiary/aromatic N) is 3. The molecule has 1 aliphatic carbocycles. The number of benzene rings is 1. The lowest BCUT2D eigenvalue weighted by atomic mass is 10.1. The molecule has 3 aliphatic rings. The molecule has 0 N–H and O–H groups in total. The molecule has 0 aromatic heterocycles. The first-order chi connectivity index (χ1) is 11.3. The Hall–Kier alpha value is -1.55. The summed E-state index contributed by atoms with van der Waals surface area (Å²) in [4.78, 5) is 19.7. The fraction of sp³-hybridized carbons (Fsp3) is 0.632. The second kappa shape index (κ2) is 6.52. The highest BCUT2D eigenvalue weighted by Crippen LogP contribution is 2.37. The summed E-state index contributed by atoms with van der Waals surface area (Å²) in [7, 11) is 0. The van der Waals surface area contributed by atoms with Gasteiger partial charge in [-0.3, -0.25) is 4.79 Å². The maximum Gasteiger partial charge on any atom is 0.228 e. The molecule has 2 fully saturated rings. The fourth-order valence-corrected chi connectivity index (χ4v) is 3.88. The SMILES string of the molecule is O=C(CCN1CCCC1)N1CCN(CC2CC2)c2ccccc21. The van der Waals surface area contributed by atoms with Crippen molar-refractivity contribution in [3.05, 3.63) is 24.3 Å². The van der Waals surface area contributed by atoms with Crippen LogP contribution in [-0.4, -0.2) is 50.1 Å². The van der Waals surface area contributed by atoms with E-state index in [9.17, 15) is 4.79 Å². The number of amides is 1. The quantitative estimate of drug-likeness (QED) is 0.836. The molecule has 0 spiro atoms. The van der Waals surface area contributed by atoms with Crippen molar-refractivity contribution in [2.45, 2.75) is 32.1 Å². The second-order valence-electron chi connectivity index (χ2n) is 7.22. The zero-order valence-corrected chi connectivity index (χ0v) is 13.9. The van der Waals surface area contributed by atoms with E-state index in [1.807, 2.05) is 4.90 Å². The number of anilines is 2. The van der Waals surface area contributed by atoms with Crippen LogP contribution >= 0.6 is 0 Å². The minimum absolute atomic E-state index is 0.287. The predicted octanol–water partition coefficient (Wildman–Crippen LogP) is 2.74. The van der Waals surface area contributed by atoms with Crippen LogP contribution in [-0.2, 0) is 4.79 Å². The van der Waals surface area contributed by atoms with Crippen LogP contribution in [0.1, 0.15) is 32.1 Å². The number of likely N-dealkylation sites (tertiary alicyclic amines) is 1. The van der Waals surface area contributed by atoms with E-state index in [1.54, 1.807) is 0 Å². The largest absolute Gasteiger partial charge is 0.368 e. The third-order valence-electron chi connectivity index (χ3n) is 5.42. The van der Waals surface area contributed by atoms with E-state index in [4.69, 9.17) is 0 Å². The van der Waals surface area contributed by atoms with Crippen molar-refractivity contribution in [2.75, 3.05) is 49.1 Å². The van der Waals surface area contributed by atoms with Gasteiger partial charge >= 0.3 is 0 Å². The zero-order valence-electron chi connectivity index (χ0n) is 13.9. The van der Waals surface area contributed by atoms with Crippen molar-refractivity contribution in [2.24, 2.45) is 5.92 Å². The Bertz CT molecular complexity index is 563. The van der Waals surface area contributed by atoms with Crippen molar-refractivity contribution < 1.29 is 4.79 Å². The summed E-state index contributed by atoms with van der Waals surface area (Å²) in [5, 5.41) is 0. The van der Waals surface area contributed by atoms with Gasteiger partial charge in [0.15, 0.2) is 0 Å². The van der Waals surface area contributed by atoms with Crippen LogP contribution in [0, 0.1) is 5.92 Å². The number of hydrogen-bond acceptors (Lipinski definition) is 3. The number of rotatable bonds is 5. The summed E-state index contributed by atoms with van der Waals surface area (Å²) in [5.41, 5.74) is 2.37. The van der Waals surface area contributed by atoms with Gasteiger partial charge in [-0.1, -0.05) is 12.1 Å². The summed E-state index contributed by atoms with van der Waals surface area (Å²) in [6.07, 6.45) is 5.97. The van der Waals surface area contributed by atoms with Crippen molar-refractivity contribution in [1.82, 2.24) is 4.90 Å². The zero-order chi connectivity index (χ0) is 15.6. The van der Waals surface area contributed by atoms with Gasteiger partial charge in [-0.15, -0.1) is 0 Å². The molecule has 0 bridgehead atoms. The van der Waals surface area contributed by atoms with E-state index >= 15 is 0 Å². The second-order valence-corrected chi connectivity index (χ2v) is 7.22. The fourth-order valence-electron chi connectivity index (χ4n) is 3.88. The predicted molar refractivity (Wildman–Crippen MR) is 94.0 cm³/mol. The van der Waals surface area contributed by atoms with Gasteiger partial charge in [-0.05, 0) is 56.8 Å². The van der Waals surface area contributed by atoms with E-state index < -0.39 is 0 Å². The molecule has 1 aromatic carbocycles. The highest BCUT2D eigenvalue weighted by atomic mass is 16.2. The van der Waals surface area contributed by atoms with E-state index in [0.717, 1.165) is 37.8 Å². The molecule has 4 nitrogen and oxygen atoms in total. The molecule has 2 aliphatic heterocycles. The number of carbonyl (C=O) groups is 1. The minimum Gasteiger partial charge on any atom is -0.368 e. The Kier molecular flexibility index (Phi) is 4.25. The number of hydrogen-bond donors (Lipinski definition) is 0. The Morgan fingerprint density at radius 1 is 1.00 bits per heavy atom. The molecule has 4 heteroatoms. The third kappa shape index (κ3) is 3.37. The molecule has 1 saturated heterocycles. The Morgan fingerprint density at radius 3 is 2.48 bits per heavy atom. The summed E-state index contributed by atoms with van der Waals surface area (Å²) < 4.78 is 0. The monoisotopic (exact) mass is 313 g/mol. The molecule has 0 atom stereocenters. The van der Waals surface area contributed by atoms with E-state index in [-0.39, 0.29) is 5.91 Å². The summed E-state index contributed by atoms with van der Waals surface area (Å²) in [5.74, 6) is 1.16. The smallest absolute Gasteiger partial charge is 0.228 e. The van der Waals surface area contributed by atoms with Gasteiger partial charge in [-0.2, -0.15) is 0 Å². The molecule has 0 unspecified atom stereocenters. The Balaban J connectivity index is 1.44. The van der Waals surface area contributed by atoms with Crippen LogP contribution in [0.4, 0.5) is 11.4 Å². The van der Waals surface area contributed by atoms with E-state index in [0.29, 0.717) is 6.42 Å². The van der Waals surface area contributed by atoms with Gasteiger partial charge in [0.25, 0.3) is 0 Å². The molecule has 124 valence electrons. The highest BCUT2D eigenvalue weighted by molar-refractivity contribution is 5.98. The normalized spacial score (nSPS) is 21.6. The summed E-state index contributed by atoms with van der Waals surface area (Å²) >= 11 is 0. The molecule has 1 amide bonds. The van der Waals surface area contributed by atoms with Crippen LogP contribution in [0.5, 0.6) is 0 Å². The van der Waals surface area contributed by atoms with Crippen LogP contribution in [0.15, 0.2) is 24.3 Å². The number of para-hydroxylation sites is 2. The average molecular weight is 313 g/mol. The van der Waals surface area contributed by atoms with Crippen LogP contribution in [0.2, 0.25) is 0 Å². The van der Waals surface area contributed by atoms with Crippen LogP contribution in [0.25, 0.3) is 0 Å². The molecule has 23 heavy (non-hydrogen) atoms. The lowest BCUT2D eigenvalue weighted by Crippen LogP contribution is -2.45. The maximum atomic E-state index is 12.7. The number of carbonyl (C=O) groups excluding carboxylic acids is 1. The highest BCUT2D eigenvalue weighted by Gasteiger charge is 2.30. The topological polar surface area (TPSA) is 26.8 Å². The molecule has 1 aromatic rings. The lowest BCUT2D eigenvalue weighted by Gasteiger charge is -2.38. The van der Waals surface area contributed by atoms with Gasteiger partial charge in [0.2, 0.25) is 5.91 Å². The summed E-state index contributed by atoms with van der Waals surface area (Å²) in [6.45, 7) is 6.22. The van der Waals surface area contributed by atoms with Crippen LogP contribution < -0.4 is 9.80 Å². The first-order valence-corrected chi connectivity index (χ1v) is 9.18. The molecular formula is C19H27N3O. The lowest BCUT2D eigenvalue weighted by molar-refractivity contribution is -0.118. The van der Waals surface area contributed by atoms with Gasteiger partial charge in [0.05, 0.1) is 11.4 Å². The van der Waals surface area contributed by atoms with Crippen molar-refractivity contribution in [3.63, 3.8) is 0 Å². The molecule has 0 radical (unpaired) electrons. The van der Waals surface area contributed by atoms with Crippen molar-refractivity contribution >= 4 is 17.3 Å². The maximum absolute atomic E-state index is 12.7. The molecular weight excluding hydrogens is 286 g/mol. The van der Waals surface area contributed by atoms with Crippen molar-refractivity contribution in [1.29, 1.82) is 0 Å². The minimum atomic E-state index is 0.287. The Labute approximate surface area is 139 Å². The van der Waals surface area contributed by atoms with Gasteiger partial charge < -0.3 is 14.7 Å². The molecule has 1 saturated carbocycles. The standard InChI is InChI=1S/C19H27N3O/c23-19(9-12-20-10-3-4-11-20)22-14-13-21(15-16-7-8-16)17-5-1-2-6-18(17)22/h1-2,5-6,16H,3-4,7-15H2. The van der Waals surface area contributed by atoms with E-state index in [1.165, 1.54) is 44.5 Å². The van der Waals surface area contributed by atoms with Crippen molar-refractivity contribution in [3.8, 4) is 0 Å². The average Bonchev–Trinajstić information content (AvgIpc) is 3.24. The van der Waals surface area contributed by atoms with Gasteiger partial charge in [0, 0.05) is 32.6 Å². The van der Waals surface area contributed by atoms with Crippen LogP contribution in [0.3, 0.4) is 0 Å². The summed E-state index contributed by atoms with van der Waals surface area (Å²) in [6, 6.07) is 8.44. The first-order valence-electron chi connectivity index (χ1n) is 9.18.